The highest BCUT2D eigenvalue weighted by molar-refractivity contribution is 7.53. The van der Waals surface area contributed by atoms with E-state index < -0.39 is 7.60 Å². The second-order valence-electron chi connectivity index (χ2n) is 4.62. The zero-order valence-corrected chi connectivity index (χ0v) is 14.8. The highest BCUT2D eigenvalue weighted by atomic mass is 35.5. The predicted octanol–water partition coefficient (Wildman–Crippen LogP) is 2.95. The van der Waals surface area contributed by atoms with E-state index in [-0.39, 0.29) is 5.15 Å². The molecule has 2 rings (SSSR count). The average Bonchev–Trinajstić information content (AvgIpc) is 2.92. The van der Waals surface area contributed by atoms with Crippen LogP contribution in [0.2, 0.25) is 5.15 Å². The van der Waals surface area contributed by atoms with E-state index in [1.165, 1.54) is 17.4 Å². The van der Waals surface area contributed by atoms with E-state index in [2.05, 4.69) is 15.0 Å². The van der Waals surface area contributed by atoms with Gasteiger partial charge in [-0.05, 0) is 26.7 Å². The number of imidazole rings is 1. The lowest BCUT2D eigenvalue weighted by Crippen LogP contribution is -2.13. The maximum atomic E-state index is 12.3. The SMILES string of the molecule is CCOP(=O)(CCCCOn1cnc2c(Cl)ncnc21)OCC. The summed E-state index contributed by atoms with van der Waals surface area (Å²) in [6, 6.07) is 0. The number of hydrogen-bond acceptors (Lipinski definition) is 7. The van der Waals surface area contributed by atoms with E-state index in [1.807, 2.05) is 0 Å². The number of unbranched alkanes of at least 4 members (excludes halogenated alkanes) is 1. The highest BCUT2D eigenvalue weighted by Crippen LogP contribution is 2.48. The predicted molar refractivity (Wildman–Crippen MR) is 86.7 cm³/mol. The zero-order chi connectivity index (χ0) is 16.7. The normalized spacial score (nSPS) is 12.0. The molecule has 2 aromatic heterocycles. The standard InChI is InChI=1S/C13H20ClN4O4P/c1-3-21-23(19,22-4-2)8-6-5-7-20-18-10-17-11-12(14)15-9-16-13(11)18/h9-10H,3-8H2,1-2H3. The molecule has 2 heterocycles. The molecule has 0 spiro atoms. The Labute approximate surface area is 139 Å². The fourth-order valence-electron chi connectivity index (χ4n) is 2.01. The van der Waals surface area contributed by atoms with Gasteiger partial charge < -0.3 is 13.9 Å². The second kappa shape index (κ2) is 8.59. The second-order valence-corrected chi connectivity index (χ2v) is 7.16. The molecule has 0 amide bonds. The van der Waals surface area contributed by atoms with Gasteiger partial charge in [-0.1, -0.05) is 11.6 Å². The quantitative estimate of drug-likeness (QED) is 0.364. The Morgan fingerprint density at radius 3 is 2.61 bits per heavy atom. The van der Waals surface area contributed by atoms with Gasteiger partial charge in [0, 0.05) is 0 Å². The van der Waals surface area contributed by atoms with Crippen molar-refractivity contribution in [3.63, 3.8) is 0 Å². The maximum Gasteiger partial charge on any atom is 0.330 e. The molecule has 0 aromatic carbocycles. The van der Waals surface area contributed by atoms with Gasteiger partial charge in [-0.3, -0.25) is 4.57 Å². The van der Waals surface area contributed by atoms with Crippen LogP contribution in [0.1, 0.15) is 26.7 Å². The van der Waals surface area contributed by atoms with E-state index >= 15 is 0 Å². The van der Waals surface area contributed by atoms with Crippen LogP contribution in [0.25, 0.3) is 11.2 Å². The van der Waals surface area contributed by atoms with Crippen molar-refractivity contribution in [1.82, 2.24) is 19.7 Å². The van der Waals surface area contributed by atoms with E-state index in [9.17, 15) is 4.57 Å². The molecule has 0 aliphatic heterocycles. The summed E-state index contributed by atoms with van der Waals surface area (Å²) >= 11 is 5.92. The highest BCUT2D eigenvalue weighted by Gasteiger charge is 2.22. The summed E-state index contributed by atoms with van der Waals surface area (Å²) < 4.78 is 24.2. The van der Waals surface area contributed by atoms with Crippen molar-refractivity contribution in [3.05, 3.63) is 17.8 Å². The number of rotatable bonds is 10. The van der Waals surface area contributed by atoms with E-state index in [0.717, 1.165) is 0 Å². The zero-order valence-electron chi connectivity index (χ0n) is 13.1. The van der Waals surface area contributed by atoms with Crippen molar-refractivity contribution in [2.75, 3.05) is 26.0 Å². The van der Waals surface area contributed by atoms with Gasteiger partial charge in [0.25, 0.3) is 0 Å². The van der Waals surface area contributed by atoms with Crippen molar-refractivity contribution in [1.29, 1.82) is 0 Å². The Hall–Kier alpha value is -1.21. The van der Waals surface area contributed by atoms with Gasteiger partial charge in [0.05, 0.1) is 19.4 Å². The number of halogens is 1. The minimum atomic E-state index is -2.98. The molecule has 0 bridgehead atoms. The molecular weight excluding hydrogens is 343 g/mol. The van der Waals surface area contributed by atoms with Crippen LogP contribution in [0.4, 0.5) is 0 Å². The van der Waals surface area contributed by atoms with Gasteiger partial charge in [-0.15, -0.1) is 0 Å². The summed E-state index contributed by atoms with van der Waals surface area (Å²) in [5, 5.41) is 0.284. The summed E-state index contributed by atoms with van der Waals surface area (Å²) in [7, 11) is -2.98. The Morgan fingerprint density at radius 1 is 1.17 bits per heavy atom. The molecule has 0 saturated carbocycles. The lowest BCUT2D eigenvalue weighted by atomic mass is 10.4. The van der Waals surface area contributed by atoms with Gasteiger partial charge in [0.1, 0.15) is 24.8 Å². The fraction of sp³-hybridized carbons (Fsp3) is 0.615. The van der Waals surface area contributed by atoms with Gasteiger partial charge in [-0.25, -0.2) is 15.0 Å². The number of aromatic nitrogens is 4. The molecule has 0 radical (unpaired) electrons. The molecule has 0 fully saturated rings. The maximum absolute atomic E-state index is 12.3. The first kappa shape index (κ1) is 18.1. The van der Waals surface area contributed by atoms with Gasteiger partial charge >= 0.3 is 7.60 Å². The van der Waals surface area contributed by atoms with Crippen molar-refractivity contribution < 1.29 is 18.5 Å². The molecule has 0 saturated heterocycles. The lowest BCUT2D eigenvalue weighted by Gasteiger charge is -2.16. The van der Waals surface area contributed by atoms with Crippen molar-refractivity contribution in [3.8, 4) is 0 Å². The van der Waals surface area contributed by atoms with Crippen LogP contribution in [-0.2, 0) is 13.6 Å². The van der Waals surface area contributed by atoms with Crippen molar-refractivity contribution in [2.24, 2.45) is 0 Å². The molecular formula is C13H20ClN4O4P. The van der Waals surface area contributed by atoms with E-state index in [4.69, 9.17) is 25.5 Å². The topological polar surface area (TPSA) is 88.4 Å². The molecule has 0 atom stereocenters. The Balaban J connectivity index is 1.81. The van der Waals surface area contributed by atoms with E-state index in [1.54, 1.807) is 13.8 Å². The molecule has 128 valence electrons. The minimum absolute atomic E-state index is 0.284. The molecule has 10 heteroatoms. The molecule has 23 heavy (non-hydrogen) atoms. The van der Waals surface area contributed by atoms with Crippen LogP contribution < -0.4 is 4.84 Å². The summed E-state index contributed by atoms with van der Waals surface area (Å²) in [6.45, 7) is 4.76. The van der Waals surface area contributed by atoms with Gasteiger partial charge in [0.2, 0.25) is 5.65 Å². The van der Waals surface area contributed by atoms with Crippen LogP contribution >= 0.6 is 19.2 Å². The van der Waals surface area contributed by atoms with Crippen LogP contribution in [0.15, 0.2) is 12.7 Å². The summed E-state index contributed by atoms with van der Waals surface area (Å²) in [6.07, 6.45) is 4.59. The minimum Gasteiger partial charge on any atom is -0.411 e. The number of nitrogens with zero attached hydrogens (tertiary/aromatic N) is 4. The Kier molecular flexibility index (Phi) is 6.77. The van der Waals surface area contributed by atoms with Crippen molar-refractivity contribution >= 4 is 30.4 Å². The summed E-state index contributed by atoms with van der Waals surface area (Å²) in [5.41, 5.74) is 1.01. The number of hydrogen-bond donors (Lipinski definition) is 0. The van der Waals surface area contributed by atoms with Gasteiger partial charge in [0.15, 0.2) is 5.15 Å². The first-order valence-electron chi connectivity index (χ1n) is 7.44. The van der Waals surface area contributed by atoms with Crippen LogP contribution in [0, 0.1) is 0 Å². The molecule has 0 N–H and O–H groups in total. The summed E-state index contributed by atoms with van der Waals surface area (Å²) in [4.78, 5) is 17.6. The first-order chi connectivity index (χ1) is 11.1. The molecule has 0 aliphatic carbocycles. The summed E-state index contributed by atoms with van der Waals surface area (Å²) in [5.74, 6) is 0. The first-order valence-corrected chi connectivity index (χ1v) is 9.55. The molecule has 2 aromatic rings. The third-order valence-electron chi connectivity index (χ3n) is 2.97. The fourth-order valence-corrected chi connectivity index (χ4v) is 3.92. The van der Waals surface area contributed by atoms with Crippen LogP contribution in [0.5, 0.6) is 0 Å². The van der Waals surface area contributed by atoms with Crippen LogP contribution in [-0.4, -0.2) is 45.7 Å². The van der Waals surface area contributed by atoms with Gasteiger partial charge in [-0.2, -0.15) is 4.73 Å². The third-order valence-corrected chi connectivity index (χ3v) is 5.41. The molecule has 0 unspecified atom stereocenters. The lowest BCUT2D eigenvalue weighted by molar-refractivity contribution is 0.114. The van der Waals surface area contributed by atoms with E-state index in [0.29, 0.717) is 50.0 Å². The Morgan fingerprint density at radius 2 is 1.91 bits per heavy atom. The largest absolute Gasteiger partial charge is 0.411 e. The third kappa shape index (κ3) is 4.88. The smallest absolute Gasteiger partial charge is 0.330 e. The molecule has 8 nitrogen and oxygen atoms in total. The monoisotopic (exact) mass is 362 g/mol. The number of fused-ring (bicyclic) bond motifs is 1. The Bertz CT molecular complexity index is 671. The van der Waals surface area contributed by atoms with Crippen molar-refractivity contribution in [2.45, 2.75) is 26.7 Å². The average molecular weight is 363 g/mol. The van der Waals surface area contributed by atoms with Crippen LogP contribution in [0.3, 0.4) is 0 Å². The molecule has 0 aliphatic rings.